The second-order valence-corrected chi connectivity index (χ2v) is 5.52. The largest absolute Gasteiger partial charge is 0.350 e. The Labute approximate surface area is 121 Å². The molecule has 2 rings (SSSR count). The van der Waals surface area contributed by atoms with Crippen LogP contribution in [0.25, 0.3) is 10.9 Å². The van der Waals surface area contributed by atoms with Gasteiger partial charge in [0.25, 0.3) is 5.91 Å². The Morgan fingerprint density at radius 2 is 2.00 bits per heavy atom. The number of benzene rings is 1. The molecule has 0 fully saturated rings. The van der Waals surface area contributed by atoms with Gasteiger partial charge in [-0.25, -0.2) is 0 Å². The molecule has 1 aromatic heterocycles. The third kappa shape index (κ3) is 2.82. The van der Waals surface area contributed by atoms with Crippen LogP contribution in [0.3, 0.4) is 0 Å². The Morgan fingerprint density at radius 3 is 2.63 bits per heavy atom. The summed E-state index contributed by atoms with van der Waals surface area (Å²) in [7, 11) is 0. The molecule has 0 atom stereocenters. The number of fused-ring (bicyclic) bond motifs is 1. The highest BCUT2D eigenvalue weighted by Gasteiger charge is 2.13. The van der Waals surface area contributed by atoms with Crippen molar-refractivity contribution in [2.45, 2.75) is 26.8 Å². The van der Waals surface area contributed by atoms with Crippen molar-refractivity contribution in [3.05, 3.63) is 39.5 Å². The maximum absolute atomic E-state index is 12.0. The maximum Gasteiger partial charge on any atom is 0.253 e. The fourth-order valence-corrected chi connectivity index (χ4v) is 2.33. The van der Waals surface area contributed by atoms with Gasteiger partial charge in [-0.1, -0.05) is 23.2 Å². The number of hydrogen-bond acceptors (Lipinski definition) is 2. The molecule has 2 aromatic rings. The van der Waals surface area contributed by atoms with Gasteiger partial charge in [0, 0.05) is 17.6 Å². The molecule has 19 heavy (non-hydrogen) atoms. The van der Waals surface area contributed by atoms with E-state index in [2.05, 4.69) is 10.3 Å². The fraction of sp³-hybridized carbons (Fsp3) is 0.286. The van der Waals surface area contributed by atoms with Gasteiger partial charge in [0.1, 0.15) is 0 Å². The average Bonchev–Trinajstić information content (AvgIpc) is 2.34. The van der Waals surface area contributed by atoms with Crippen molar-refractivity contribution in [2.75, 3.05) is 0 Å². The first-order valence-corrected chi connectivity index (χ1v) is 6.71. The van der Waals surface area contributed by atoms with Gasteiger partial charge in [-0.2, -0.15) is 0 Å². The summed E-state index contributed by atoms with van der Waals surface area (Å²) in [5, 5.41) is 4.41. The first kappa shape index (κ1) is 14.1. The van der Waals surface area contributed by atoms with Crippen LogP contribution in [0.1, 0.15) is 29.8 Å². The average molecular weight is 297 g/mol. The molecule has 0 radical (unpaired) electrons. The van der Waals surface area contributed by atoms with E-state index in [9.17, 15) is 4.79 Å². The number of rotatable bonds is 2. The number of amides is 1. The van der Waals surface area contributed by atoms with Crippen molar-refractivity contribution >= 4 is 40.0 Å². The van der Waals surface area contributed by atoms with Gasteiger partial charge < -0.3 is 5.32 Å². The first-order valence-electron chi connectivity index (χ1n) is 5.95. The predicted octanol–water partition coefficient (Wildman–Crippen LogP) is 3.99. The van der Waals surface area contributed by atoms with Crippen molar-refractivity contribution in [1.29, 1.82) is 0 Å². The Balaban J connectivity index is 2.57. The topological polar surface area (TPSA) is 42.0 Å². The van der Waals surface area contributed by atoms with Crippen LogP contribution in [0.15, 0.2) is 18.3 Å². The zero-order chi connectivity index (χ0) is 14.2. The summed E-state index contributed by atoms with van der Waals surface area (Å²) < 4.78 is 0. The molecule has 0 aliphatic heterocycles. The van der Waals surface area contributed by atoms with Gasteiger partial charge >= 0.3 is 0 Å². The van der Waals surface area contributed by atoms with Crippen molar-refractivity contribution in [3.63, 3.8) is 0 Å². The number of nitrogens with zero attached hydrogens (tertiary/aromatic N) is 1. The smallest absolute Gasteiger partial charge is 0.253 e. The Bertz CT molecular complexity index is 653. The molecule has 0 spiro atoms. The Kier molecular flexibility index (Phi) is 3.97. The zero-order valence-electron chi connectivity index (χ0n) is 10.9. The molecule has 0 aliphatic rings. The lowest BCUT2D eigenvalue weighted by Gasteiger charge is -2.10. The summed E-state index contributed by atoms with van der Waals surface area (Å²) in [6.07, 6.45) is 1.55. The highest BCUT2D eigenvalue weighted by molar-refractivity contribution is 6.45. The minimum atomic E-state index is -0.168. The molecule has 0 bridgehead atoms. The standard InChI is InChI=1S/C14H14Cl2N2O/c1-7(2)18-14(19)9-5-10-12(16)11(15)4-8(3)13(10)17-6-9/h4-7H,1-3H3,(H,18,19). The van der Waals surface area contributed by atoms with E-state index in [1.165, 1.54) is 0 Å². The fourth-order valence-electron chi connectivity index (χ4n) is 1.87. The first-order chi connectivity index (χ1) is 8.90. The van der Waals surface area contributed by atoms with Crippen LogP contribution in [0, 0.1) is 6.92 Å². The van der Waals surface area contributed by atoms with Crippen molar-refractivity contribution < 1.29 is 4.79 Å². The van der Waals surface area contributed by atoms with Crippen LogP contribution in [0.5, 0.6) is 0 Å². The van der Waals surface area contributed by atoms with Gasteiger partial charge in [-0.05, 0) is 38.5 Å². The molecule has 0 saturated heterocycles. The summed E-state index contributed by atoms with van der Waals surface area (Å²) in [6, 6.07) is 3.56. The molecule has 0 aliphatic carbocycles. The second kappa shape index (κ2) is 5.35. The monoisotopic (exact) mass is 296 g/mol. The molecule has 0 saturated carbocycles. The predicted molar refractivity (Wildman–Crippen MR) is 79.1 cm³/mol. The third-order valence-corrected chi connectivity index (χ3v) is 3.53. The van der Waals surface area contributed by atoms with E-state index in [0.717, 1.165) is 11.1 Å². The Morgan fingerprint density at radius 1 is 1.32 bits per heavy atom. The zero-order valence-corrected chi connectivity index (χ0v) is 12.4. The highest BCUT2D eigenvalue weighted by Crippen LogP contribution is 2.32. The van der Waals surface area contributed by atoms with Crippen LogP contribution in [-0.2, 0) is 0 Å². The molecule has 1 amide bonds. The number of pyridine rings is 1. The van der Waals surface area contributed by atoms with E-state index in [0.29, 0.717) is 21.0 Å². The minimum Gasteiger partial charge on any atom is -0.350 e. The van der Waals surface area contributed by atoms with Crippen molar-refractivity contribution in [3.8, 4) is 0 Å². The normalized spacial score (nSPS) is 11.1. The van der Waals surface area contributed by atoms with Gasteiger partial charge in [-0.3, -0.25) is 9.78 Å². The minimum absolute atomic E-state index is 0.0692. The second-order valence-electron chi connectivity index (χ2n) is 4.74. The molecule has 1 aromatic carbocycles. The maximum atomic E-state index is 12.0. The van der Waals surface area contributed by atoms with E-state index in [1.54, 1.807) is 18.3 Å². The van der Waals surface area contributed by atoms with E-state index >= 15 is 0 Å². The summed E-state index contributed by atoms with van der Waals surface area (Å²) in [4.78, 5) is 16.3. The summed E-state index contributed by atoms with van der Waals surface area (Å²) in [6.45, 7) is 5.71. The quantitative estimate of drug-likeness (QED) is 0.910. The highest BCUT2D eigenvalue weighted by atomic mass is 35.5. The van der Waals surface area contributed by atoms with Crippen LogP contribution in [-0.4, -0.2) is 16.9 Å². The van der Waals surface area contributed by atoms with Gasteiger partial charge in [-0.15, -0.1) is 0 Å². The number of aromatic nitrogens is 1. The van der Waals surface area contributed by atoms with E-state index in [4.69, 9.17) is 23.2 Å². The molecular weight excluding hydrogens is 283 g/mol. The molecule has 3 nitrogen and oxygen atoms in total. The summed E-state index contributed by atoms with van der Waals surface area (Å²) >= 11 is 12.2. The van der Waals surface area contributed by atoms with Crippen LogP contribution in [0.4, 0.5) is 0 Å². The Hall–Kier alpha value is -1.32. The SMILES string of the molecule is Cc1cc(Cl)c(Cl)c2cc(C(=O)NC(C)C)cnc12. The number of halogens is 2. The molecular formula is C14H14Cl2N2O. The van der Waals surface area contributed by atoms with Gasteiger partial charge in [0.05, 0.1) is 21.1 Å². The van der Waals surface area contributed by atoms with E-state index in [1.807, 2.05) is 20.8 Å². The van der Waals surface area contributed by atoms with Crippen LogP contribution in [0.2, 0.25) is 10.0 Å². The lowest BCUT2D eigenvalue weighted by molar-refractivity contribution is 0.0943. The summed E-state index contributed by atoms with van der Waals surface area (Å²) in [5.74, 6) is -0.168. The van der Waals surface area contributed by atoms with E-state index < -0.39 is 0 Å². The molecule has 5 heteroatoms. The third-order valence-electron chi connectivity index (χ3n) is 2.73. The molecule has 0 unspecified atom stereocenters. The summed E-state index contributed by atoms with van der Waals surface area (Å²) in [5.41, 5.74) is 2.17. The van der Waals surface area contributed by atoms with Gasteiger partial charge in [0.15, 0.2) is 0 Å². The van der Waals surface area contributed by atoms with Crippen LogP contribution < -0.4 is 5.32 Å². The van der Waals surface area contributed by atoms with E-state index in [-0.39, 0.29) is 11.9 Å². The lowest BCUT2D eigenvalue weighted by Crippen LogP contribution is -2.30. The molecule has 1 N–H and O–H groups in total. The molecule has 100 valence electrons. The van der Waals surface area contributed by atoms with Crippen molar-refractivity contribution in [2.24, 2.45) is 0 Å². The number of carbonyl (C=O) groups excluding carboxylic acids is 1. The lowest BCUT2D eigenvalue weighted by atomic mass is 10.1. The number of aryl methyl sites for hydroxylation is 1. The van der Waals surface area contributed by atoms with Gasteiger partial charge in [0.2, 0.25) is 0 Å². The van der Waals surface area contributed by atoms with Crippen LogP contribution >= 0.6 is 23.2 Å². The number of carbonyl (C=O) groups is 1. The number of nitrogens with one attached hydrogen (secondary N) is 1. The van der Waals surface area contributed by atoms with Crippen molar-refractivity contribution in [1.82, 2.24) is 10.3 Å². The molecule has 1 heterocycles. The number of hydrogen-bond donors (Lipinski definition) is 1.